The highest BCUT2D eigenvalue weighted by molar-refractivity contribution is 5.69. The Morgan fingerprint density at radius 3 is 2.88 bits per heavy atom. The Kier molecular flexibility index (Phi) is 6.73. The van der Waals surface area contributed by atoms with Gasteiger partial charge in [0.1, 0.15) is 17.8 Å². The van der Waals surface area contributed by atoms with E-state index < -0.39 is 46.4 Å². The van der Waals surface area contributed by atoms with E-state index >= 15 is 0 Å². The number of ether oxygens (including phenoxy) is 2. The van der Waals surface area contributed by atoms with Crippen molar-refractivity contribution in [3.05, 3.63) is 37.3 Å². The second-order valence-electron chi connectivity index (χ2n) is 8.73. The van der Waals surface area contributed by atoms with Crippen molar-refractivity contribution in [3.8, 4) is 0 Å². The second kappa shape index (κ2) is 9.42. The summed E-state index contributed by atoms with van der Waals surface area (Å²) < 4.78 is 15.0. The molecule has 3 N–H and O–H groups in total. The minimum atomic E-state index is -1.48. The van der Waals surface area contributed by atoms with Crippen LogP contribution >= 0.6 is 0 Å². The molecule has 34 heavy (non-hydrogen) atoms. The van der Waals surface area contributed by atoms with Gasteiger partial charge in [0, 0.05) is 33.6 Å². The van der Waals surface area contributed by atoms with Crippen LogP contribution in [0.15, 0.2) is 15.9 Å². The summed E-state index contributed by atoms with van der Waals surface area (Å²) in [5, 5.41) is 34.0. The van der Waals surface area contributed by atoms with Gasteiger partial charge in [0.25, 0.3) is 10.6 Å². The Hall–Kier alpha value is -2.85. The van der Waals surface area contributed by atoms with Crippen LogP contribution in [0.5, 0.6) is 0 Å². The van der Waals surface area contributed by atoms with Gasteiger partial charge in [-0.3, -0.25) is 13.9 Å². The van der Waals surface area contributed by atoms with Crippen LogP contribution < -0.4 is 16.6 Å². The molecular weight excluding hydrogens is 456 g/mol. The molecule has 15 heteroatoms. The smallest absolute Gasteiger partial charge is 0.332 e. The molecule has 2 aromatic heterocycles. The molecule has 2 fully saturated rings. The molecule has 2 aliphatic heterocycles. The number of rotatable bonds is 10. The van der Waals surface area contributed by atoms with Gasteiger partial charge in [-0.1, -0.05) is 0 Å². The Bertz CT molecular complexity index is 1180. The van der Waals surface area contributed by atoms with Gasteiger partial charge in [0.05, 0.1) is 25.6 Å². The van der Waals surface area contributed by atoms with Crippen molar-refractivity contribution in [2.24, 2.45) is 14.1 Å². The summed E-state index contributed by atoms with van der Waals surface area (Å²) in [5.41, 5.74) is -1.67. The predicted octanol–water partition coefficient (Wildman–Crippen LogP) is -2.73. The predicted molar refractivity (Wildman–Crippen MR) is 115 cm³/mol. The molecule has 0 radical (unpaired) electrons. The van der Waals surface area contributed by atoms with Gasteiger partial charge < -0.3 is 34.4 Å². The number of nitrogens with zero attached hydrogens (tertiary/aromatic N) is 5. The molecule has 0 spiro atoms. The van der Waals surface area contributed by atoms with Crippen LogP contribution in [0.25, 0.3) is 11.2 Å². The topological polar surface area (TPSA) is 185 Å². The summed E-state index contributed by atoms with van der Waals surface area (Å²) in [5.74, 6) is 0. The summed E-state index contributed by atoms with van der Waals surface area (Å²) in [4.78, 5) is 43.8. The van der Waals surface area contributed by atoms with Crippen molar-refractivity contribution >= 4 is 11.2 Å². The maximum absolute atomic E-state index is 12.5. The zero-order valence-corrected chi connectivity index (χ0v) is 18.8. The molecule has 0 amide bonds. The van der Waals surface area contributed by atoms with Crippen molar-refractivity contribution < 1.29 is 29.6 Å². The van der Waals surface area contributed by atoms with E-state index in [9.17, 15) is 29.9 Å². The fourth-order valence-corrected chi connectivity index (χ4v) is 4.63. The lowest BCUT2D eigenvalue weighted by Gasteiger charge is -2.29. The molecule has 2 aliphatic rings. The highest BCUT2D eigenvalue weighted by Crippen LogP contribution is 2.38. The van der Waals surface area contributed by atoms with E-state index in [-0.39, 0.29) is 26.2 Å². The fraction of sp³-hybridized carbons (Fsp3) is 0.737. The zero-order valence-electron chi connectivity index (χ0n) is 18.8. The minimum Gasteiger partial charge on any atom is -0.392 e. The van der Waals surface area contributed by atoms with Gasteiger partial charge in [-0.05, 0) is 13.0 Å². The standard InChI is InChI=1S/C19H28N6O9/c1-22-16-13(17(27)23(2)18(22)28)24(10-21-16)5-3-4-20-7-11(26)6-19(29)9-33-14-12(34-25(30)31)8-32-15(14)19/h10-12,14-15,20,26,29H,3-9H2,1-2H3/t11?,12-,14-,15+,19+/m1/s1. The summed E-state index contributed by atoms with van der Waals surface area (Å²) in [7, 11) is 2.98. The quantitative estimate of drug-likeness (QED) is 0.181. The van der Waals surface area contributed by atoms with Gasteiger partial charge in [-0.15, -0.1) is 10.1 Å². The second-order valence-corrected chi connectivity index (χ2v) is 8.73. The van der Waals surface area contributed by atoms with Crippen molar-refractivity contribution in [3.63, 3.8) is 0 Å². The molecule has 0 bridgehead atoms. The summed E-state index contributed by atoms with van der Waals surface area (Å²) in [6, 6.07) is 0. The van der Waals surface area contributed by atoms with Crippen LogP contribution in [0.4, 0.5) is 0 Å². The van der Waals surface area contributed by atoms with Crippen LogP contribution in [-0.4, -0.2) is 90.3 Å². The molecule has 0 aromatic carbocycles. The number of fused-ring (bicyclic) bond motifs is 2. The lowest BCUT2D eigenvalue weighted by atomic mass is 9.90. The molecule has 1 unspecified atom stereocenters. The third-order valence-electron chi connectivity index (χ3n) is 6.32. The normalized spacial score (nSPS) is 27.2. The number of nitrogens with one attached hydrogen (secondary N) is 1. The van der Waals surface area contributed by atoms with Gasteiger partial charge in [-0.2, -0.15) is 0 Å². The average molecular weight is 484 g/mol. The van der Waals surface area contributed by atoms with Crippen LogP contribution in [0.2, 0.25) is 0 Å². The Morgan fingerprint density at radius 2 is 2.15 bits per heavy atom. The van der Waals surface area contributed by atoms with E-state index in [0.29, 0.717) is 30.7 Å². The number of imidazole rings is 1. The van der Waals surface area contributed by atoms with Gasteiger partial charge in [-0.25, -0.2) is 9.78 Å². The largest absolute Gasteiger partial charge is 0.392 e. The third-order valence-corrected chi connectivity index (χ3v) is 6.32. The van der Waals surface area contributed by atoms with Crippen molar-refractivity contribution in [1.82, 2.24) is 24.0 Å². The Morgan fingerprint density at radius 1 is 1.38 bits per heavy atom. The fourth-order valence-electron chi connectivity index (χ4n) is 4.63. The molecule has 188 valence electrons. The van der Waals surface area contributed by atoms with E-state index in [4.69, 9.17) is 9.47 Å². The number of aryl methyl sites for hydroxylation is 2. The average Bonchev–Trinajstić information content (AvgIpc) is 3.46. The summed E-state index contributed by atoms with van der Waals surface area (Å²) in [6.07, 6.45) is -1.32. The van der Waals surface area contributed by atoms with Crippen molar-refractivity contribution in [1.29, 1.82) is 0 Å². The van der Waals surface area contributed by atoms with E-state index in [2.05, 4.69) is 15.1 Å². The van der Waals surface area contributed by atoms with E-state index in [1.807, 2.05) is 0 Å². The lowest BCUT2D eigenvalue weighted by Crippen LogP contribution is -2.47. The SMILES string of the molecule is Cn1c(=O)c2c(ncn2CCCNCC(O)C[C@]2(O)CO[C@@H]3[C@H](O[N+](=O)[O-])CO[C@@H]32)n(C)c1=O. The van der Waals surface area contributed by atoms with Crippen LogP contribution in [0, 0.1) is 10.1 Å². The highest BCUT2D eigenvalue weighted by Gasteiger charge is 2.57. The number of aliphatic hydroxyl groups is 2. The zero-order chi connectivity index (χ0) is 24.6. The van der Waals surface area contributed by atoms with Crippen LogP contribution in [0.3, 0.4) is 0 Å². The first-order valence-electron chi connectivity index (χ1n) is 10.9. The lowest BCUT2D eigenvalue weighted by molar-refractivity contribution is -0.769. The summed E-state index contributed by atoms with van der Waals surface area (Å²) in [6.45, 7) is 0.976. The first kappa shape index (κ1) is 24.3. The van der Waals surface area contributed by atoms with Crippen LogP contribution in [0.1, 0.15) is 12.8 Å². The first-order valence-corrected chi connectivity index (χ1v) is 10.9. The molecule has 15 nitrogen and oxygen atoms in total. The number of hydrogen-bond acceptors (Lipinski definition) is 11. The molecule has 4 heterocycles. The minimum absolute atomic E-state index is 0.0391. The Balaban J connectivity index is 1.25. The number of aromatic nitrogens is 4. The van der Waals surface area contributed by atoms with Crippen molar-refractivity contribution in [2.45, 2.75) is 49.4 Å². The van der Waals surface area contributed by atoms with E-state index in [1.165, 1.54) is 17.9 Å². The van der Waals surface area contributed by atoms with Gasteiger partial charge in [0.2, 0.25) is 0 Å². The summed E-state index contributed by atoms with van der Waals surface area (Å²) >= 11 is 0. The first-order chi connectivity index (χ1) is 16.1. The van der Waals surface area contributed by atoms with Gasteiger partial charge >= 0.3 is 5.69 Å². The molecule has 2 saturated heterocycles. The maximum atomic E-state index is 12.5. The molecule has 5 atom stereocenters. The number of aliphatic hydroxyl groups excluding tert-OH is 1. The molecule has 2 aromatic rings. The van der Waals surface area contributed by atoms with Crippen molar-refractivity contribution in [2.75, 3.05) is 26.3 Å². The van der Waals surface area contributed by atoms with Gasteiger partial charge in [0.15, 0.2) is 17.3 Å². The Labute approximate surface area is 192 Å². The van der Waals surface area contributed by atoms with E-state index in [1.54, 1.807) is 11.6 Å². The van der Waals surface area contributed by atoms with Crippen LogP contribution in [-0.2, 0) is 35.0 Å². The maximum Gasteiger partial charge on any atom is 0.332 e. The molecule has 0 aliphatic carbocycles. The number of hydrogen-bond donors (Lipinski definition) is 3. The van der Waals surface area contributed by atoms with E-state index in [0.717, 1.165) is 4.57 Å². The molecule has 4 rings (SSSR count). The monoisotopic (exact) mass is 484 g/mol. The molecule has 0 saturated carbocycles. The highest BCUT2D eigenvalue weighted by atomic mass is 17.0. The third kappa shape index (κ3) is 4.44. The molecular formula is C19H28N6O9.